The predicted octanol–water partition coefficient (Wildman–Crippen LogP) is 2.09. The molecule has 1 heterocycles. The molecule has 1 aliphatic heterocycles. The Morgan fingerprint density at radius 2 is 2.14 bits per heavy atom. The molecule has 0 amide bonds. The molecule has 0 aliphatic carbocycles. The highest BCUT2D eigenvalue weighted by Crippen LogP contribution is 2.23. The van der Waals surface area contributed by atoms with Crippen LogP contribution in [0.3, 0.4) is 0 Å². The SMILES string of the molecule is CC(CN)CCN1CCCC(C)C1C. The van der Waals surface area contributed by atoms with Gasteiger partial charge in [-0.2, -0.15) is 0 Å². The van der Waals surface area contributed by atoms with Crippen molar-refractivity contribution in [1.29, 1.82) is 0 Å². The lowest BCUT2D eigenvalue weighted by Gasteiger charge is -2.38. The Morgan fingerprint density at radius 1 is 1.43 bits per heavy atom. The van der Waals surface area contributed by atoms with E-state index in [0.717, 1.165) is 18.5 Å². The largest absolute Gasteiger partial charge is 0.330 e. The minimum absolute atomic E-state index is 0.680. The molecule has 1 aliphatic rings. The molecule has 0 spiro atoms. The smallest absolute Gasteiger partial charge is 0.00925 e. The molecule has 2 heteroatoms. The number of nitrogens with two attached hydrogens (primary N) is 1. The zero-order valence-corrected chi connectivity index (χ0v) is 10.00. The number of rotatable bonds is 4. The lowest BCUT2D eigenvalue weighted by molar-refractivity contribution is 0.108. The summed E-state index contributed by atoms with van der Waals surface area (Å²) < 4.78 is 0. The molecular weight excluding hydrogens is 172 g/mol. The van der Waals surface area contributed by atoms with Crippen LogP contribution in [0.1, 0.15) is 40.0 Å². The Bertz CT molecular complexity index is 158. The van der Waals surface area contributed by atoms with Crippen LogP contribution in [0.5, 0.6) is 0 Å². The van der Waals surface area contributed by atoms with Crippen molar-refractivity contribution in [1.82, 2.24) is 4.90 Å². The van der Waals surface area contributed by atoms with E-state index in [1.807, 2.05) is 0 Å². The quantitative estimate of drug-likeness (QED) is 0.749. The highest BCUT2D eigenvalue weighted by Gasteiger charge is 2.24. The van der Waals surface area contributed by atoms with E-state index in [-0.39, 0.29) is 0 Å². The zero-order chi connectivity index (χ0) is 10.6. The lowest BCUT2D eigenvalue weighted by Crippen LogP contribution is -2.43. The molecule has 0 bridgehead atoms. The molecule has 3 unspecified atom stereocenters. The normalized spacial score (nSPS) is 31.7. The first-order valence-electron chi connectivity index (χ1n) is 6.09. The van der Waals surface area contributed by atoms with Crippen LogP contribution in [-0.2, 0) is 0 Å². The van der Waals surface area contributed by atoms with Gasteiger partial charge < -0.3 is 10.6 Å². The first-order chi connectivity index (χ1) is 6.65. The van der Waals surface area contributed by atoms with Gasteiger partial charge in [0.15, 0.2) is 0 Å². The van der Waals surface area contributed by atoms with Crippen LogP contribution in [-0.4, -0.2) is 30.6 Å². The maximum Gasteiger partial charge on any atom is 0.00925 e. The summed E-state index contributed by atoms with van der Waals surface area (Å²) in [5, 5.41) is 0. The molecule has 14 heavy (non-hydrogen) atoms. The number of nitrogens with zero attached hydrogens (tertiary/aromatic N) is 1. The van der Waals surface area contributed by atoms with Crippen LogP contribution in [0.15, 0.2) is 0 Å². The van der Waals surface area contributed by atoms with Gasteiger partial charge in [0, 0.05) is 6.04 Å². The molecule has 1 fully saturated rings. The second-order valence-corrected chi connectivity index (χ2v) is 5.03. The second-order valence-electron chi connectivity index (χ2n) is 5.03. The maximum absolute atomic E-state index is 5.63. The monoisotopic (exact) mass is 198 g/mol. The molecule has 84 valence electrons. The van der Waals surface area contributed by atoms with Crippen molar-refractivity contribution in [2.45, 2.75) is 46.1 Å². The van der Waals surface area contributed by atoms with Crippen molar-refractivity contribution in [3.63, 3.8) is 0 Å². The third-order valence-electron chi connectivity index (χ3n) is 3.82. The Balaban J connectivity index is 2.28. The van der Waals surface area contributed by atoms with E-state index < -0.39 is 0 Å². The zero-order valence-electron chi connectivity index (χ0n) is 10.00. The fourth-order valence-electron chi connectivity index (χ4n) is 2.24. The second kappa shape index (κ2) is 5.72. The van der Waals surface area contributed by atoms with Crippen LogP contribution in [0.2, 0.25) is 0 Å². The van der Waals surface area contributed by atoms with Crippen molar-refractivity contribution < 1.29 is 0 Å². The average molecular weight is 198 g/mol. The molecule has 0 saturated carbocycles. The third-order valence-corrected chi connectivity index (χ3v) is 3.82. The van der Waals surface area contributed by atoms with Crippen LogP contribution in [0.25, 0.3) is 0 Å². The summed E-state index contributed by atoms with van der Waals surface area (Å²) in [6, 6.07) is 0.772. The first-order valence-corrected chi connectivity index (χ1v) is 6.09. The molecule has 1 saturated heterocycles. The van der Waals surface area contributed by atoms with E-state index >= 15 is 0 Å². The molecule has 0 radical (unpaired) electrons. The van der Waals surface area contributed by atoms with Crippen LogP contribution < -0.4 is 5.73 Å². The first kappa shape index (κ1) is 12.0. The Morgan fingerprint density at radius 3 is 2.79 bits per heavy atom. The fourth-order valence-corrected chi connectivity index (χ4v) is 2.24. The predicted molar refractivity (Wildman–Crippen MR) is 62.3 cm³/mol. The van der Waals surface area contributed by atoms with Gasteiger partial charge in [0.25, 0.3) is 0 Å². The van der Waals surface area contributed by atoms with Crippen molar-refractivity contribution in [2.24, 2.45) is 17.6 Å². The van der Waals surface area contributed by atoms with Gasteiger partial charge in [-0.3, -0.25) is 0 Å². The average Bonchev–Trinajstić information content (AvgIpc) is 2.20. The molecular formula is C12H26N2. The van der Waals surface area contributed by atoms with Crippen molar-refractivity contribution in [3.8, 4) is 0 Å². The van der Waals surface area contributed by atoms with E-state index in [4.69, 9.17) is 5.73 Å². The number of likely N-dealkylation sites (tertiary alicyclic amines) is 1. The molecule has 2 N–H and O–H groups in total. The molecule has 0 aromatic carbocycles. The molecule has 0 aromatic rings. The number of hydrogen-bond acceptors (Lipinski definition) is 2. The van der Waals surface area contributed by atoms with Crippen molar-refractivity contribution in [2.75, 3.05) is 19.6 Å². The number of piperidine rings is 1. The van der Waals surface area contributed by atoms with E-state index in [9.17, 15) is 0 Å². The van der Waals surface area contributed by atoms with Gasteiger partial charge >= 0.3 is 0 Å². The van der Waals surface area contributed by atoms with Crippen molar-refractivity contribution >= 4 is 0 Å². The Labute approximate surface area is 88.8 Å². The highest BCUT2D eigenvalue weighted by molar-refractivity contribution is 4.78. The lowest BCUT2D eigenvalue weighted by atomic mass is 9.91. The summed E-state index contributed by atoms with van der Waals surface area (Å²) in [6.45, 7) is 10.4. The minimum Gasteiger partial charge on any atom is -0.330 e. The van der Waals surface area contributed by atoms with E-state index in [0.29, 0.717) is 5.92 Å². The standard InChI is InChI=1S/C12H26N2/c1-10(9-13)6-8-14-7-4-5-11(2)12(14)3/h10-12H,4-9,13H2,1-3H3. The topological polar surface area (TPSA) is 29.3 Å². The van der Waals surface area contributed by atoms with Crippen molar-refractivity contribution in [3.05, 3.63) is 0 Å². The summed E-state index contributed by atoms with van der Waals surface area (Å²) in [6.07, 6.45) is 4.04. The van der Waals surface area contributed by atoms with Gasteiger partial charge in [-0.1, -0.05) is 13.8 Å². The van der Waals surface area contributed by atoms with Gasteiger partial charge in [0.2, 0.25) is 0 Å². The summed E-state index contributed by atoms with van der Waals surface area (Å²) in [5.74, 6) is 1.55. The Kier molecular flexibility index (Phi) is 4.90. The number of hydrogen-bond donors (Lipinski definition) is 1. The van der Waals surface area contributed by atoms with Crippen LogP contribution in [0, 0.1) is 11.8 Å². The fraction of sp³-hybridized carbons (Fsp3) is 1.00. The molecule has 0 aromatic heterocycles. The summed E-state index contributed by atoms with van der Waals surface area (Å²) in [5.41, 5.74) is 5.63. The molecule has 3 atom stereocenters. The van der Waals surface area contributed by atoms with Gasteiger partial charge in [-0.25, -0.2) is 0 Å². The van der Waals surface area contributed by atoms with E-state index in [1.165, 1.54) is 32.4 Å². The van der Waals surface area contributed by atoms with Gasteiger partial charge in [-0.15, -0.1) is 0 Å². The minimum atomic E-state index is 0.680. The highest BCUT2D eigenvalue weighted by atomic mass is 15.2. The molecule has 2 nitrogen and oxygen atoms in total. The van der Waals surface area contributed by atoms with Gasteiger partial charge in [-0.05, 0) is 57.7 Å². The summed E-state index contributed by atoms with van der Waals surface area (Å²) in [4.78, 5) is 2.64. The maximum atomic E-state index is 5.63. The van der Waals surface area contributed by atoms with Gasteiger partial charge in [0.05, 0.1) is 0 Å². The van der Waals surface area contributed by atoms with E-state index in [1.54, 1.807) is 0 Å². The third kappa shape index (κ3) is 3.25. The summed E-state index contributed by atoms with van der Waals surface area (Å²) in [7, 11) is 0. The molecule has 1 rings (SSSR count). The van der Waals surface area contributed by atoms with Crippen LogP contribution in [0.4, 0.5) is 0 Å². The van der Waals surface area contributed by atoms with Gasteiger partial charge in [0.1, 0.15) is 0 Å². The Hall–Kier alpha value is -0.0800. The van der Waals surface area contributed by atoms with E-state index in [2.05, 4.69) is 25.7 Å². The summed E-state index contributed by atoms with van der Waals surface area (Å²) >= 11 is 0. The van der Waals surface area contributed by atoms with Crippen LogP contribution >= 0.6 is 0 Å².